The van der Waals surface area contributed by atoms with Gasteiger partial charge in [0.05, 0.1) is 24.0 Å². The minimum Gasteiger partial charge on any atom is -0.497 e. The highest BCUT2D eigenvalue weighted by Crippen LogP contribution is 2.35. The molecular weight excluding hydrogens is 316 g/mol. The molecule has 0 unspecified atom stereocenters. The number of thiazole rings is 1. The number of ether oxygens (including phenoxy) is 1. The van der Waals surface area contributed by atoms with Crippen LogP contribution in [0.4, 0.5) is 0 Å². The molecule has 0 radical (unpaired) electrons. The Kier molecular flexibility index (Phi) is 4.35. The Balaban J connectivity index is 2.24. The third-order valence-corrected chi connectivity index (χ3v) is 5.04. The predicted molar refractivity (Wildman–Crippen MR) is 102 cm³/mol. The molecule has 0 fully saturated rings. The van der Waals surface area contributed by atoms with Gasteiger partial charge < -0.3 is 4.74 Å². The molecular formula is C20H24N2OS. The zero-order chi connectivity index (χ0) is 17.5. The number of nitrogens with zero attached hydrogens (tertiary/aromatic N) is 2. The smallest absolute Gasteiger partial charge is 0.142 e. The Morgan fingerprint density at radius 1 is 1.08 bits per heavy atom. The average molecular weight is 340 g/mol. The van der Waals surface area contributed by atoms with Crippen molar-refractivity contribution in [3.05, 3.63) is 40.9 Å². The Morgan fingerprint density at radius 3 is 2.42 bits per heavy atom. The summed E-state index contributed by atoms with van der Waals surface area (Å²) in [5.74, 6) is 1.26. The lowest BCUT2D eigenvalue weighted by atomic mass is 9.84. The van der Waals surface area contributed by atoms with E-state index in [2.05, 4.69) is 52.1 Å². The summed E-state index contributed by atoms with van der Waals surface area (Å²) < 4.78 is 5.38. The highest BCUT2D eigenvalue weighted by atomic mass is 32.1. The number of hydrogen-bond acceptors (Lipinski definition) is 4. The highest BCUT2D eigenvalue weighted by Gasteiger charge is 2.20. The average Bonchev–Trinajstić information content (AvgIpc) is 3.02. The van der Waals surface area contributed by atoms with E-state index < -0.39 is 0 Å². The van der Waals surface area contributed by atoms with Gasteiger partial charge in [0.15, 0.2) is 0 Å². The molecule has 126 valence electrons. The first-order chi connectivity index (χ1) is 11.3. The SMILES string of the molecule is COc1ccc2c(C(C)(C)C)cc(-c3nc(C(C)C)cs3)nc2c1. The summed E-state index contributed by atoms with van der Waals surface area (Å²) in [5, 5.41) is 4.29. The third kappa shape index (κ3) is 3.16. The predicted octanol–water partition coefficient (Wildman–Crippen LogP) is 5.79. The molecule has 0 aliphatic carbocycles. The van der Waals surface area contributed by atoms with Gasteiger partial charge in [-0.25, -0.2) is 9.97 Å². The van der Waals surface area contributed by atoms with Gasteiger partial charge in [-0.1, -0.05) is 34.6 Å². The van der Waals surface area contributed by atoms with Crippen molar-refractivity contribution in [1.29, 1.82) is 0 Å². The molecule has 0 N–H and O–H groups in total. The number of aromatic nitrogens is 2. The molecule has 0 saturated heterocycles. The van der Waals surface area contributed by atoms with E-state index >= 15 is 0 Å². The normalized spacial score (nSPS) is 12.1. The lowest BCUT2D eigenvalue weighted by Crippen LogP contribution is -2.12. The van der Waals surface area contributed by atoms with Gasteiger partial charge in [-0.2, -0.15) is 0 Å². The molecule has 24 heavy (non-hydrogen) atoms. The van der Waals surface area contributed by atoms with Gasteiger partial charge in [0.1, 0.15) is 10.8 Å². The zero-order valence-corrected chi connectivity index (χ0v) is 16.0. The Labute approximate surface area is 147 Å². The largest absolute Gasteiger partial charge is 0.497 e. The van der Waals surface area contributed by atoms with Crippen molar-refractivity contribution >= 4 is 22.2 Å². The number of benzene rings is 1. The maximum Gasteiger partial charge on any atom is 0.142 e. The summed E-state index contributed by atoms with van der Waals surface area (Å²) in [7, 11) is 1.69. The molecule has 3 nitrogen and oxygen atoms in total. The maximum absolute atomic E-state index is 5.38. The van der Waals surface area contributed by atoms with E-state index in [0.29, 0.717) is 5.92 Å². The molecule has 2 aromatic heterocycles. The van der Waals surface area contributed by atoms with Crippen LogP contribution in [0, 0.1) is 0 Å². The molecule has 2 heterocycles. The topological polar surface area (TPSA) is 35.0 Å². The van der Waals surface area contributed by atoms with Gasteiger partial charge in [-0.3, -0.25) is 0 Å². The summed E-state index contributed by atoms with van der Waals surface area (Å²) in [6, 6.07) is 8.30. The minimum atomic E-state index is 0.0304. The summed E-state index contributed by atoms with van der Waals surface area (Å²) in [5.41, 5.74) is 4.34. The van der Waals surface area contributed by atoms with Crippen LogP contribution in [0.3, 0.4) is 0 Å². The molecule has 0 spiro atoms. The fourth-order valence-corrected chi connectivity index (χ4v) is 3.67. The summed E-state index contributed by atoms with van der Waals surface area (Å²) in [6.45, 7) is 11.0. The second-order valence-corrected chi connectivity index (χ2v) is 8.28. The van der Waals surface area contributed by atoms with Crippen molar-refractivity contribution in [2.75, 3.05) is 7.11 Å². The van der Waals surface area contributed by atoms with E-state index in [1.54, 1.807) is 18.4 Å². The molecule has 3 aromatic rings. The molecule has 0 aliphatic rings. The van der Waals surface area contributed by atoms with E-state index in [1.807, 2.05) is 12.1 Å². The van der Waals surface area contributed by atoms with Crippen LogP contribution >= 0.6 is 11.3 Å². The van der Waals surface area contributed by atoms with Crippen molar-refractivity contribution in [3.8, 4) is 16.5 Å². The molecule has 0 atom stereocenters. The molecule has 1 aromatic carbocycles. The molecule has 0 amide bonds. The van der Waals surface area contributed by atoms with E-state index in [4.69, 9.17) is 14.7 Å². The zero-order valence-electron chi connectivity index (χ0n) is 15.2. The third-order valence-electron chi connectivity index (χ3n) is 4.16. The Morgan fingerprint density at radius 2 is 1.83 bits per heavy atom. The first-order valence-electron chi connectivity index (χ1n) is 8.24. The minimum absolute atomic E-state index is 0.0304. The van der Waals surface area contributed by atoms with Gasteiger partial charge in [-0.15, -0.1) is 11.3 Å². The quantitative estimate of drug-likeness (QED) is 0.605. The van der Waals surface area contributed by atoms with Crippen LogP contribution in [-0.4, -0.2) is 17.1 Å². The van der Waals surface area contributed by atoms with Crippen LogP contribution in [0.5, 0.6) is 5.75 Å². The number of fused-ring (bicyclic) bond motifs is 1. The van der Waals surface area contributed by atoms with E-state index in [1.165, 1.54) is 10.9 Å². The van der Waals surface area contributed by atoms with Crippen LogP contribution in [-0.2, 0) is 5.41 Å². The lowest BCUT2D eigenvalue weighted by molar-refractivity contribution is 0.415. The van der Waals surface area contributed by atoms with Crippen LogP contribution in [0.15, 0.2) is 29.6 Å². The molecule has 0 bridgehead atoms. The number of hydrogen-bond donors (Lipinski definition) is 0. The molecule has 3 rings (SSSR count). The van der Waals surface area contributed by atoms with Gasteiger partial charge in [0.25, 0.3) is 0 Å². The van der Waals surface area contributed by atoms with Crippen molar-refractivity contribution in [2.45, 2.75) is 46.0 Å². The lowest BCUT2D eigenvalue weighted by Gasteiger charge is -2.22. The fraction of sp³-hybridized carbons (Fsp3) is 0.400. The highest BCUT2D eigenvalue weighted by molar-refractivity contribution is 7.13. The van der Waals surface area contributed by atoms with Gasteiger partial charge in [0, 0.05) is 16.8 Å². The monoisotopic (exact) mass is 340 g/mol. The van der Waals surface area contributed by atoms with Crippen molar-refractivity contribution in [2.24, 2.45) is 0 Å². The van der Waals surface area contributed by atoms with E-state index in [-0.39, 0.29) is 5.41 Å². The number of methoxy groups -OCH3 is 1. The second-order valence-electron chi connectivity index (χ2n) is 7.42. The number of rotatable bonds is 3. The molecule has 0 saturated carbocycles. The Hall–Kier alpha value is -1.94. The van der Waals surface area contributed by atoms with E-state index in [9.17, 15) is 0 Å². The summed E-state index contributed by atoms with van der Waals surface area (Å²) in [6.07, 6.45) is 0. The van der Waals surface area contributed by atoms with Crippen LogP contribution in [0.2, 0.25) is 0 Å². The Bertz CT molecular complexity index is 875. The van der Waals surface area contributed by atoms with Gasteiger partial charge in [-0.05, 0) is 35.1 Å². The van der Waals surface area contributed by atoms with Crippen LogP contribution in [0.25, 0.3) is 21.6 Å². The first kappa shape index (κ1) is 16.9. The fourth-order valence-electron chi connectivity index (χ4n) is 2.73. The van der Waals surface area contributed by atoms with Crippen molar-refractivity contribution in [3.63, 3.8) is 0 Å². The van der Waals surface area contributed by atoms with Crippen molar-refractivity contribution < 1.29 is 4.74 Å². The van der Waals surface area contributed by atoms with Crippen LogP contribution < -0.4 is 4.74 Å². The van der Waals surface area contributed by atoms with Gasteiger partial charge in [0.2, 0.25) is 0 Å². The standard InChI is InChI=1S/C20H24N2OS/c1-12(2)18-11-24-19(22-18)17-10-15(20(3,4)5)14-8-7-13(23-6)9-16(14)21-17/h7-12H,1-6H3. The summed E-state index contributed by atoms with van der Waals surface area (Å²) in [4.78, 5) is 9.65. The number of pyridine rings is 1. The van der Waals surface area contributed by atoms with Crippen molar-refractivity contribution in [1.82, 2.24) is 9.97 Å². The second kappa shape index (κ2) is 6.17. The van der Waals surface area contributed by atoms with Gasteiger partial charge >= 0.3 is 0 Å². The maximum atomic E-state index is 5.38. The molecule has 4 heteroatoms. The first-order valence-corrected chi connectivity index (χ1v) is 9.12. The van der Waals surface area contributed by atoms with Crippen LogP contribution in [0.1, 0.15) is 51.8 Å². The molecule has 0 aliphatic heterocycles. The summed E-state index contributed by atoms with van der Waals surface area (Å²) >= 11 is 1.66. The van der Waals surface area contributed by atoms with E-state index in [0.717, 1.165) is 27.7 Å².